The lowest BCUT2D eigenvalue weighted by Crippen LogP contribution is -2.16. The first-order valence-electron chi connectivity index (χ1n) is 11.4. The lowest BCUT2D eigenvalue weighted by Gasteiger charge is -2.09. The topological polar surface area (TPSA) is 95.3 Å². The molecule has 0 aliphatic carbocycles. The monoisotopic (exact) mass is 556 g/mol. The minimum absolute atomic E-state index is 0.0807. The fourth-order valence-corrected chi connectivity index (χ4v) is 5.31. The molecule has 0 atom stereocenters. The summed E-state index contributed by atoms with van der Waals surface area (Å²) in [5, 5.41) is 14.6. The molecule has 0 unspecified atom stereocenters. The van der Waals surface area contributed by atoms with Crippen molar-refractivity contribution in [3.63, 3.8) is 0 Å². The summed E-state index contributed by atoms with van der Waals surface area (Å²) in [6.45, 7) is 4.12. The summed E-state index contributed by atoms with van der Waals surface area (Å²) in [6.07, 6.45) is 0. The normalized spacial score (nSPS) is 10.8. The highest BCUT2D eigenvalue weighted by Gasteiger charge is 2.23. The zero-order chi connectivity index (χ0) is 26.4. The second kappa shape index (κ2) is 12.3. The van der Waals surface area contributed by atoms with Crippen LogP contribution in [0.15, 0.2) is 59.1 Å². The molecule has 0 aliphatic rings. The van der Waals surface area contributed by atoms with Gasteiger partial charge in [0.25, 0.3) is 0 Å². The van der Waals surface area contributed by atoms with Crippen LogP contribution >= 0.6 is 34.7 Å². The highest BCUT2D eigenvalue weighted by molar-refractivity contribution is 7.99. The molecule has 0 saturated carbocycles. The third-order valence-electron chi connectivity index (χ3n) is 5.31. The first-order valence-corrected chi connectivity index (χ1v) is 13.7. The van der Waals surface area contributed by atoms with Gasteiger partial charge in [-0.3, -0.25) is 4.79 Å². The molecule has 0 saturated heterocycles. The highest BCUT2D eigenvalue weighted by Crippen LogP contribution is 2.36. The minimum atomic E-state index is -0.475. The molecule has 4 aromatic rings. The second-order valence-corrected chi connectivity index (χ2v) is 10.2. The van der Waals surface area contributed by atoms with Crippen LogP contribution in [0.1, 0.15) is 28.7 Å². The van der Waals surface area contributed by atoms with Crippen molar-refractivity contribution in [2.24, 2.45) is 7.05 Å². The Morgan fingerprint density at radius 1 is 1.16 bits per heavy atom. The number of thioether (sulfide) groups is 1. The Hall–Kier alpha value is -3.34. The van der Waals surface area contributed by atoms with Crippen LogP contribution in [-0.2, 0) is 23.2 Å². The van der Waals surface area contributed by atoms with Gasteiger partial charge in [0.2, 0.25) is 5.91 Å². The van der Waals surface area contributed by atoms with Crippen LogP contribution in [0.5, 0.6) is 5.75 Å². The van der Waals surface area contributed by atoms with E-state index in [9.17, 15) is 9.59 Å². The molecule has 0 aliphatic heterocycles. The van der Waals surface area contributed by atoms with Crippen LogP contribution in [0.4, 0.5) is 5.00 Å². The lowest BCUT2D eigenvalue weighted by molar-refractivity contribution is -0.113. The Morgan fingerprint density at radius 3 is 2.70 bits per heavy atom. The van der Waals surface area contributed by atoms with Crippen LogP contribution in [-0.4, -0.2) is 39.0 Å². The Labute approximate surface area is 228 Å². The molecule has 0 fully saturated rings. The fraction of sp³-hybridized carbons (Fsp3) is 0.231. The molecule has 2 aromatic heterocycles. The van der Waals surface area contributed by atoms with Crippen molar-refractivity contribution < 1.29 is 19.1 Å². The molecule has 192 valence electrons. The quantitative estimate of drug-likeness (QED) is 0.189. The van der Waals surface area contributed by atoms with E-state index in [1.54, 1.807) is 24.6 Å². The number of carbonyl (C=O) groups is 2. The maximum atomic E-state index is 12.8. The number of hydrogen-bond acceptors (Lipinski definition) is 8. The average Bonchev–Trinajstić information content (AvgIpc) is 3.47. The van der Waals surface area contributed by atoms with Gasteiger partial charge in [-0.25, -0.2) is 4.79 Å². The molecule has 0 bridgehead atoms. The number of nitrogens with zero attached hydrogens (tertiary/aromatic N) is 3. The van der Waals surface area contributed by atoms with Gasteiger partial charge < -0.3 is 19.4 Å². The molecule has 1 amide bonds. The number of thiophene rings is 1. The third kappa shape index (κ3) is 6.51. The minimum Gasteiger partial charge on any atom is -0.484 e. The summed E-state index contributed by atoms with van der Waals surface area (Å²) in [6, 6.07) is 15.1. The largest absolute Gasteiger partial charge is 0.484 e. The molecule has 2 aromatic carbocycles. The van der Waals surface area contributed by atoms with E-state index in [0.29, 0.717) is 32.3 Å². The number of ether oxygens (including phenoxy) is 2. The third-order valence-corrected chi connectivity index (χ3v) is 7.54. The number of amides is 1. The van der Waals surface area contributed by atoms with Gasteiger partial charge in [-0.05, 0) is 37.1 Å². The maximum absolute atomic E-state index is 12.8. The number of aryl methyl sites for hydroxylation is 1. The fourth-order valence-electron chi connectivity index (χ4n) is 3.44. The van der Waals surface area contributed by atoms with E-state index in [-0.39, 0.29) is 24.9 Å². The van der Waals surface area contributed by atoms with E-state index in [4.69, 9.17) is 21.1 Å². The van der Waals surface area contributed by atoms with Crippen molar-refractivity contribution in [2.45, 2.75) is 25.6 Å². The summed E-state index contributed by atoms with van der Waals surface area (Å²) in [4.78, 5) is 25.5. The van der Waals surface area contributed by atoms with E-state index in [0.717, 1.165) is 16.7 Å². The van der Waals surface area contributed by atoms with Gasteiger partial charge in [0.15, 0.2) is 11.0 Å². The molecule has 11 heteroatoms. The molecule has 0 radical (unpaired) electrons. The van der Waals surface area contributed by atoms with Crippen LogP contribution < -0.4 is 10.1 Å². The first kappa shape index (κ1) is 26.7. The number of carbonyl (C=O) groups excluding carboxylic acids is 2. The molecule has 2 heterocycles. The summed E-state index contributed by atoms with van der Waals surface area (Å²) in [5.41, 5.74) is 2.98. The van der Waals surface area contributed by atoms with E-state index in [2.05, 4.69) is 15.5 Å². The maximum Gasteiger partial charge on any atom is 0.341 e. The molecule has 4 rings (SSSR count). The van der Waals surface area contributed by atoms with Gasteiger partial charge in [-0.2, -0.15) is 0 Å². The summed E-state index contributed by atoms with van der Waals surface area (Å²) in [5.74, 6) is 0.496. The van der Waals surface area contributed by atoms with Crippen LogP contribution in [0.25, 0.3) is 11.1 Å². The summed E-state index contributed by atoms with van der Waals surface area (Å²) >= 11 is 8.72. The van der Waals surface area contributed by atoms with Crippen molar-refractivity contribution in [3.05, 3.63) is 75.9 Å². The molecule has 37 heavy (non-hydrogen) atoms. The smallest absolute Gasteiger partial charge is 0.341 e. The zero-order valence-electron chi connectivity index (χ0n) is 20.5. The second-order valence-electron chi connectivity index (χ2n) is 7.96. The Morgan fingerprint density at radius 2 is 1.95 bits per heavy atom. The number of halogens is 1. The van der Waals surface area contributed by atoms with E-state index in [1.807, 2.05) is 54.8 Å². The van der Waals surface area contributed by atoms with Crippen molar-refractivity contribution >= 4 is 51.6 Å². The van der Waals surface area contributed by atoms with Crippen LogP contribution in [0.2, 0.25) is 5.02 Å². The number of esters is 1. The average molecular weight is 557 g/mol. The number of anilines is 1. The number of rotatable bonds is 10. The highest BCUT2D eigenvalue weighted by atomic mass is 35.5. The van der Waals surface area contributed by atoms with Crippen molar-refractivity contribution in [1.29, 1.82) is 0 Å². The predicted molar refractivity (Wildman–Crippen MR) is 147 cm³/mol. The van der Waals surface area contributed by atoms with E-state index in [1.165, 1.54) is 23.1 Å². The Bertz CT molecular complexity index is 1410. The van der Waals surface area contributed by atoms with E-state index >= 15 is 0 Å². The van der Waals surface area contributed by atoms with Crippen molar-refractivity contribution in [2.75, 3.05) is 17.7 Å². The molecule has 1 N–H and O–H groups in total. The zero-order valence-corrected chi connectivity index (χ0v) is 22.9. The van der Waals surface area contributed by atoms with Gasteiger partial charge in [0.05, 0.1) is 17.4 Å². The molecule has 8 nitrogen and oxygen atoms in total. The SMILES string of the molecule is CCOC(=O)c1c(-c2ccccc2)csc1NC(=O)CSc1nnc(COc2cc(C)ccc2Cl)n1C. The number of benzene rings is 2. The number of aromatic nitrogens is 3. The van der Waals surface area contributed by atoms with Crippen LogP contribution in [0.3, 0.4) is 0 Å². The van der Waals surface area contributed by atoms with Gasteiger partial charge in [-0.1, -0.05) is 59.8 Å². The number of hydrogen-bond donors (Lipinski definition) is 1. The van der Waals surface area contributed by atoms with Crippen LogP contribution in [0, 0.1) is 6.92 Å². The Balaban J connectivity index is 1.41. The van der Waals surface area contributed by atoms with Gasteiger partial charge in [0, 0.05) is 18.0 Å². The first-order chi connectivity index (χ1) is 17.9. The van der Waals surface area contributed by atoms with Gasteiger partial charge in [0.1, 0.15) is 22.9 Å². The van der Waals surface area contributed by atoms with Gasteiger partial charge >= 0.3 is 5.97 Å². The summed E-state index contributed by atoms with van der Waals surface area (Å²) in [7, 11) is 1.81. The summed E-state index contributed by atoms with van der Waals surface area (Å²) < 4.78 is 12.8. The van der Waals surface area contributed by atoms with Gasteiger partial charge in [-0.15, -0.1) is 21.5 Å². The molecular formula is C26H25ClN4O4S2. The Kier molecular flexibility index (Phi) is 8.86. The number of nitrogens with one attached hydrogen (secondary N) is 1. The van der Waals surface area contributed by atoms with Crippen molar-refractivity contribution in [1.82, 2.24) is 14.8 Å². The van der Waals surface area contributed by atoms with E-state index < -0.39 is 5.97 Å². The standard InChI is InChI=1S/C26H25ClN4O4S2/c1-4-34-25(33)23-18(17-8-6-5-7-9-17)14-36-24(23)28-22(32)15-37-26-30-29-21(31(26)3)13-35-20-12-16(2)10-11-19(20)27/h5-12,14H,4,13,15H2,1-3H3,(H,28,32). The van der Waals surface area contributed by atoms with Crippen molar-refractivity contribution in [3.8, 4) is 16.9 Å². The predicted octanol–water partition coefficient (Wildman–Crippen LogP) is 5.99. The molecular weight excluding hydrogens is 532 g/mol. The lowest BCUT2D eigenvalue weighted by atomic mass is 10.0. The molecule has 0 spiro atoms.